The molecule has 7 nitrogen and oxygen atoms in total. The molecule has 3 aromatic carbocycles. The topological polar surface area (TPSA) is 86.8 Å². The van der Waals surface area contributed by atoms with Gasteiger partial charge in [0.2, 0.25) is 21.8 Å². The molecule has 0 saturated heterocycles. The number of carbonyl (C=O) groups is 2. The minimum absolute atomic E-state index is 0.143. The van der Waals surface area contributed by atoms with Crippen LogP contribution in [0.4, 0.5) is 5.69 Å². The highest BCUT2D eigenvalue weighted by atomic mass is 79.9. The molecule has 0 fully saturated rings. The summed E-state index contributed by atoms with van der Waals surface area (Å²) < 4.78 is 27.8. The molecule has 0 aliphatic carbocycles. The van der Waals surface area contributed by atoms with Gasteiger partial charge in [-0.2, -0.15) is 0 Å². The standard InChI is InChI=1S/C30H36BrN3O4S/c1-22(2)19-32-30(36)28(18-24-11-6-5-7-12-24)33(20-25-14-16-26(31)17-15-25)29(35)21-34(39(4,37)38)27-13-9-8-10-23(27)3/h5-17,22,28H,18-21H2,1-4H3,(H,32,36). The van der Waals surface area contributed by atoms with Crippen molar-refractivity contribution in [3.8, 4) is 0 Å². The molecule has 1 unspecified atom stereocenters. The predicted octanol–water partition coefficient (Wildman–Crippen LogP) is 4.94. The maximum atomic E-state index is 14.1. The number of nitrogens with zero attached hydrogens (tertiary/aromatic N) is 2. The quantitative estimate of drug-likeness (QED) is 0.314. The Hall–Kier alpha value is -3.17. The summed E-state index contributed by atoms with van der Waals surface area (Å²) in [6, 6.07) is 23.2. The number of anilines is 1. The summed E-state index contributed by atoms with van der Waals surface area (Å²) in [6.07, 6.45) is 1.37. The van der Waals surface area contributed by atoms with E-state index >= 15 is 0 Å². The van der Waals surface area contributed by atoms with Gasteiger partial charge in [-0.15, -0.1) is 0 Å². The number of halogens is 1. The Labute approximate surface area is 240 Å². The molecular formula is C30H36BrN3O4S. The predicted molar refractivity (Wildman–Crippen MR) is 160 cm³/mol. The van der Waals surface area contributed by atoms with Crippen LogP contribution in [0.1, 0.15) is 30.5 Å². The third-order valence-corrected chi connectivity index (χ3v) is 7.94. The number of benzene rings is 3. The molecular weight excluding hydrogens is 578 g/mol. The fourth-order valence-electron chi connectivity index (χ4n) is 4.20. The Morgan fingerprint density at radius 3 is 2.10 bits per heavy atom. The fourth-order valence-corrected chi connectivity index (χ4v) is 5.37. The summed E-state index contributed by atoms with van der Waals surface area (Å²) in [5.41, 5.74) is 2.88. The van der Waals surface area contributed by atoms with E-state index in [1.165, 1.54) is 4.90 Å². The van der Waals surface area contributed by atoms with E-state index in [9.17, 15) is 18.0 Å². The van der Waals surface area contributed by atoms with Crippen LogP contribution < -0.4 is 9.62 Å². The molecule has 3 rings (SSSR count). The number of carbonyl (C=O) groups excluding carboxylic acids is 2. The number of hydrogen-bond acceptors (Lipinski definition) is 4. The number of sulfonamides is 1. The molecule has 3 aromatic rings. The zero-order chi connectivity index (χ0) is 28.6. The lowest BCUT2D eigenvalue weighted by molar-refractivity contribution is -0.140. The molecule has 9 heteroatoms. The Morgan fingerprint density at radius 1 is 0.897 bits per heavy atom. The van der Waals surface area contributed by atoms with Crippen LogP contribution in [0.2, 0.25) is 0 Å². The summed E-state index contributed by atoms with van der Waals surface area (Å²) in [6.45, 7) is 5.98. The average molecular weight is 615 g/mol. The minimum Gasteiger partial charge on any atom is -0.354 e. The van der Waals surface area contributed by atoms with Crippen LogP contribution in [0.25, 0.3) is 0 Å². The summed E-state index contributed by atoms with van der Waals surface area (Å²) in [4.78, 5) is 29.2. The third kappa shape index (κ3) is 8.93. The largest absolute Gasteiger partial charge is 0.354 e. The van der Waals surface area contributed by atoms with Crippen LogP contribution in [-0.2, 0) is 32.6 Å². The van der Waals surface area contributed by atoms with Crippen molar-refractivity contribution in [1.29, 1.82) is 0 Å². The maximum absolute atomic E-state index is 14.1. The SMILES string of the molecule is Cc1ccccc1N(CC(=O)N(Cc1ccc(Br)cc1)C(Cc1ccccc1)C(=O)NCC(C)C)S(C)(=O)=O. The number of rotatable bonds is 12. The first kappa shape index (κ1) is 30.4. The van der Waals surface area contributed by atoms with Gasteiger partial charge in [0.15, 0.2) is 0 Å². The van der Waals surface area contributed by atoms with Gasteiger partial charge in [-0.05, 0) is 47.7 Å². The lowest BCUT2D eigenvalue weighted by Crippen LogP contribution is -2.53. The Balaban J connectivity index is 2.05. The zero-order valence-electron chi connectivity index (χ0n) is 22.8. The van der Waals surface area contributed by atoms with Gasteiger partial charge in [0.05, 0.1) is 11.9 Å². The summed E-state index contributed by atoms with van der Waals surface area (Å²) in [5.74, 6) is -0.518. The van der Waals surface area contributed by atoms with Crippen molar-refractivity contribution in [2.24, 2.45) is 5.92 Å². The first-order valence-corrected chi connectivity index (χ1v) is 15.5. The molecule has 0 aliphatic rings. The van der Waals surface area contributed by atoms with Crippen LogP contribution >= 0.6 is 15.9 Å². The first-order valence-electron chi connectivity index (χ1n) is 12.8. The second kappa shape index (κ2) is 13.8. The molecule has 0 aliphatic heterocycles. The van der Waals surface area contributed by atoms with Gasteiger partial charge in [-0.1, -0.05) is 90.4 Å². The van der Waals surface area contributed by atoms with Crippen LogP contribution in [0.3, 0.4) is 0 Å². The van der Waals surface area contributed by atoms with Crippen LogP contribution in [0.15, 0.2) is 83.3 Å². The van der Waals surface area contributed by atoms with Crippen LogP contribution in [0, 0.1) is 12.8 Å². The van der Waals surface area contributed by atoms with Crippen molar-refractivity contribution in [3.05, 3.63) is 100 Å². The Bertz CT molecular complexity index is 1360. The molecule has 39 heavy (non-hydrogen) atoms. The van der Waals surface area contributed by atoms with Gasteiger partial charge in [-0.25, -0.2) is 8.42 Å². The molecule has 0 radical (unpaired) electrons. The lowest BCUT2D eigenvalue weighted by atomic mass is 10.0. The highest BCUT2D eigenvalue weighted by Gasteiger charge is 2.33. The maximum Gasteiger partial charge on any atom is 0.244 e. The first-order chi connectivity index (χ1) is 18.5. The molecule has 0 bridgehead atoms. The van der Waals surface area contributed by atoms with Crippen molar-refractivity contribution < 1.29 is 18.0 Å². The smallest absolute Gasteiger partial charge is 0.244 e. The van der Waals surface area contributed by atoms with Crippen molar-refractivity contribution in [1.82, 2.24) is 10.2 Å². The monoisotopic (exact) mass is 613 g/mol. The molecule has 208 valence electrons. The minimum atomic E-state index is -3.79. The molecule has 0 heterocycles. The second-order valence-corrected chi connectivity index (χ2v) is 12.9. The van der Waals surface area contributed by atoms with Gasteiger partial charge in [0.1, 0.15) is 12.6 Å². The molecule has 0 spiro atoms. The molecule has 0 aromatic heterocycles. The van der Waals surface area contributed by atoms with E-state index in [2.05, 4.69) is 21.2 Å². The lowest BCUT2D eigenvalue weighted by Gasteiger charge is -2.34. The van der Waals surface area contributed by atoms with E-state index in [-0.39, 0.29) is 24.8 Å². The molecule has 0 saturated carbocycles. The van der Waals surface area contributed by atoms with E-state index in [0.29, 0.717) is 12.2 Å². The number of nitrogens with one attached hydrogen (secondary N) is 1. The molecule has 2 amide bonds. The van der Waals surface area contributed by atoms with Gasteiger partial charge in [-0.3, -0.25) is 13.9 Å². The van der Waals surface area contributed by atoms with Crippen LogP contribution in [-0.4, -0.2) is 50.5 Å². The van der Waals surface area contributed by atoms with Gasteiger partial charge in [0, 0.05) is 24.0 Å². The number of hydrogen-bond donors (Lipinski definition) is 1. The van der Waals surface area contributed by atoms with Gasteiger partial charge >= 0.3 is 0 Å². The highest BCUT2D eigenvalue weighted by Crippen LogP contribution is 2.24. The van der Waals surface area contributed by atoms with Crippen molar-refractivity contribution in [2.45, 2.75) is 39.8 Å². The second-order valence-electron chi connectivity index (χ2n) is 10.0. The van der Waals surface area contributed by atoms with Crippen LogP contribution in [0.5, 0.6) is 0 Å². The Morgan fingerprint density at radius 2 is 1.51 bits per heavy atom. The average Bonchev–Trinajstić information content (AvgIpc) is 2.89. The van der Waals surface area contributed by atoms with Crippen molar-refractivity contribution >= 4 is 43.5 Å². The van der Waals surface area contributed by atoms with E-state index in [4.69, 9.17) is 0 Å². The van der Waals surface area contributed by atoms with Crippen molar-refractivity contribution in [3.63, 3.8) is 0 Å². The number of amides is 2. The summed E-state index contributed by atoms with van der Waals surface area (Å²) in [5, 5.41) is 2.98. The van der Waals surface area contributed by atoms with Crippen molar-refractivity contribution in [2.75, 3.05) is 23.7 Å². The van der Waals surface area contributed by atoms with E-state index in [1.54, 1.807) is 25.1 Å². The Kier molecular flexibility index (Phi) is 10.7. The fraction of sp³-hybridized carbons (Fsp3) is 0.333. The van der Waals surface area contributed by atoms with E-state index in [1.807, 2.05) is 74.5 Å². The highest BCUT2D eigenvalue weighted by molar-refractivity contribution is 9.10. The van der Waals surface area contributed by atoms with E-state index in [0.717, 1.165) is 31.7 Å². The van der Waals surface area contributed by atoms with Gasteiger partial charge in [0.25, 0.3) is 0 Å². The molecule has 1 atom stereocenters. The summed E-state index contributed by atoms with van der Waals surface area (Å²) >= 11 is 3.44. The zero-order valence-corrected chi connectivity index (χ0v) is 25.2. The molecule has 1 N–H and O–H groups in total. The number of aryl methyl sites for hydroxylation is 1. The summed E-state index contributed by atoms with van der Waals surface area (Å²) in [7, 11) is -3.79. The third-order valence-electron chi connectivity index (χ3n) is 6.29. The normalized spacial score (nSPS) is 12.2. The number of para-hydroxylation sites is 1. The van der Waals surface area contributed by atoms with Gasteiger partial charge < -0.3 is 10.2 Å². The van der Waals surface area contributed by atoms with E-state index < -0.39 is 28.5 Å².